The fourth-order valence-corrected chi connectivity index (χ4v) is 3.89. The molecule has 30 heavy (non-hydrogen) atoms. The molecule has 0 bridgehead atoms. The van der Waals surface area contributed by atoms with Gasteiger partial charge in [-0.25, -0.2) is 0 Å². The second-order valence-electron chi connectivity index (χ2n) is 7.72. The van der Waals surface area contributed by atoms with E-state index >= 15 is 0 Å². The summed E-state index contributed by atoms with van der Waals surface area (Å²) in [5.41, 5.74) is 1.65. The zero-order valence-corrected chi connectivity index (χ0v) is 17.2. The molecule has 3 aromatic rings. The number of benzene rings is 2. The van der Waals surface area contributed by atoms with Gasteiger partial charge in [0.05, 0.1) is 12.5 Å². The molecule has 0 aliphatic heterocycles. The van der Waals surface area contributed by atoms with E-state index in [2.05, 4.69) is 17.1 Å². The zero-order chi connectivity index (χ0) is 20.9. The van der Waals surface area contributed by atoms with Crippen LogP contribution in [0.25, 0.3) is 10.8 Å². The van der Waals surface area contributed by atoms with Crippen LogP contribution < -0.4 is 0 Å². The van der Waals surface area contributed by atoms with E-state index in [4.69, 9.17) is 4.74 Å². The number of fused-ring (bicyclic) bond motifs is 1. The van der Waals surface area contributed by atoms with Crippen LogP contribution in [0.15, 0.2) is 66.9 Å². The van der Waals surface area contributed by atoms with Gasteiger partial charge in [-0.3, -0.25) is 14.6 Å². The highest BCUT2D eigenvalue weighted by Gasteiger charge is 2.45. The number of hydrogen-bond acceptors (Lipinski definition) is 4. The fraction of sp³-hybridized carbons (Fsp3) is 0.320. The van der Waals surface area contributed by atoms with E-state index in [1.165, 1.54) is 5.56 Å². The fourth-order valence-electron chi connectivity index (χ4n) is 3.89. The summed E-state index contributed by atoms with van der Waals surface area (Å²) in [6.07, 6.45) is 3.22. The molecule has 0 unspecified atom stereocenters. The van der Waals surface area contributed by atoms with Crippen LogP contribution >= 0.6 is 0 Å². The molecule has 2 aromatic carbocycles. The van der Waals surface area contributed by atoms with Crippen molar-refractivity contribution in [2.24, 2.45) is 11.8 Å². The number of esters is 1. The maximum absolute atomic E-state index is 13.5. The lowest BCUT2D eigenvalue weighted by Crippen LogP contribution is -2.36. The molecule has 0 radical (unpaired) electrons. The van der Waals surface area contributed by atoms with Crippen LogP contribution in [0.4, 0.5) is 0 Å². The van der Waals surface area contributed by atoms with Crippen molar-refractivity contribution in [2.45, 2.75) is 19.8 Å². The average molecular weight is 402 g/mol. The normalized spacial score (nSPS) is 17.5. The van der Waals surface area contributed by atoms with E-state index in [-0.39, 0.29) is 23.7 Å². The number of hydrogen-bond donors (Lipinski definition) is 0. The lowest BCUT2D eigenvalue weighted by molar-refractivity contribution is -0.145. The Kier molecular flexibility index (Phi) is 6.07. The third kappa shape index (κ3) is 4.51. The first-order valence-electron chi connectivity index (χ1n) is 10.5. The molecule has 1 aliphatic carbocycles. The van der Waals surface area contributed by atoms with Gasteiger partial charge in [-0.05, 0) is 42.7 Å². The number of carbonyl (C=O) groups excluding carboxylic acids is 2. The van der Waals surface area contributed by atoms with Gasteiger partial charge < -0.3 is 9.64 Å². The van der Waals surface area contributed by atoms with Crippen molar-refractivity contribution in [1.82, 2.24) is 9.88 Å². The summed E-state index contributed by atoms with van der Waals surface area (Å²) in [6, 6.07) is 19.8. The Hall–Kier alpha value is -3.21. The first kappa shape index (κ1) is 20.1. The summed E-state index contributed by atoms with van der Waals surface area (Å²) in [6.45, 7) is 3.33. The molecule has 0 saturated heterocycles. The van der Waals surface area contributed by atoms with Gasteiger partial charge >= 0.3 is 5.97 Å². The Bertz CT molecular complexity index is 1030. The summed E-state index contributed by atoms with van der Waals surface area (Å²) in [5, 5.41) is 1.85. The third-order valence-electron chi connectivity index (χ3n) is 5.64. The molecule has 1 aromatic heterocycles. The van der Waals surface area contributed by atoms with Gasteiger partial charge in [-0.2, -0.15) is 0 Å². The van der Waals surface area contributed by atoms with Crippen molar-refractivity contribution in [3.8, 4) is 0 Å². The minimum absolute atomic E-state index is 0.0859. The minimum Gasteiger partial charge on any atom is -0.466 e. The maximum atomic E-state index is 13.5. The monoisotopic (exact) mass is 402 g/mol. The number of nitrogens with zero attached hydrogens (tertiary/aromatic N) is 2. The number of rotatable bonds is 8. The molecule has 2 atom stereocenters. The lowest BCUT2D eigenvalue weighted by atomic mass is 10.1. The highest BCUT2D eigenvalue weighted by atomic mass is 16.5. The second-order valence-corrected chi connectivity index (χ2v) is 7.72. The largest absolute Gasteiger partial charge is 0.466 e. The van der Waals surface area contributed by atoms with E-state index in [0.29, 0.717) is 25.4 Å². The summed E-state index contributed by atoms with van der Waals surface area (Å²) in [4.78, 5) is 31.8. The molecule has 154 valence electrons. The van der Waals surface area contributed by atoms with Crippen LogP contribution in [0.5, 0.6) is 0 Å². The van der Waals surface area contributed by atoms with Crippen molar-refractivity contribution in [1.29, 1.82) is 0 Å². The van der Waals surface area contributed by atoms with E-state index in [0.717, 1.165) is 23.6 Å². The first-order chi connectivity index (χ1) is 14.7. The van der Waals surface area contributed by atoms with Gasteiger partial charge in [0.25, 0.3) is 5.91 Å². The zero-order valence-electron chi connectivity index (χ0n) is 17.2. The molecule has 0 N–H and O–H groups in total. The van der Waals surface area contributed by atoms with Crippen molar-refractivity contribution in [2.75, 3.05) is 19.7 Å². The SMILES string of the molecule is CCOC(=O)[C@@H]1C[C@@H]1CN(CCc1ccccc1)C(=O)c1nccc2ccccc12. The second kappa shape index (κ2) is 9.08. The van der Waals surface area contributed by atoms with Gasteiger partial charge in [0, 0.05) is 24.7 Å². The molecule has 5 nitrogen and oxygen atoms in total. The Morgan fingerprint density at radius 2 is 1.83 bits per heavy atom. The highest BCUT2D eigenvalue weighted by molar-refractivity contribution is 6.05. The first-order valence-corrected chi connectivity index (χ1v) is 10.5. The van der Waals surface area contributed by atoms with Crippen molar-refractivity contribution >= 4 is 22.6 Å². The van der Waals surface area contributed by atoms with Gasteiger partial charge in [-0.1, -0.05) is 54.6 Å². The summed E-state index contributed by atoms with van der Waals surface area (Å²) in [5.74, 6) is -0.185. The van der Waals surface area contributed by atoms with Crippen LogP contribution in [-0.2, 0) is 16.0 Å². The predicted molar refractivity (Wildman–Crippen MR) is 116 cm³/mol. The van der Waals surface area contributed by atoms with Gasteiger partial charge in [0.1, 0.15) is 5.69 Å². The molecule has 4 rings (SSSR count). The number of amides is 1. The van der Waals surface area contributed by atoms with Crippen molar-refractivity contribution in [3.63, 3.8) is 0 Å². The van der Waals surface area contributed by atoms with Gasteiger partial charge in [0.2, 0.25) is 0 Å². The molecule has 1 fully saturated rings. The standard InChI is InChI=1S/C25H26N2O3/c1-2-30-25(29)22-16-20(22)17-27(15-13-18-8-4-3-5-9-18)24(28)23-21-11-7-6-10-19(21)12-14-26-23/h3-12,14,20,22H,2,13,15-17H2,1H3/t20-,22-/m1/s1. The van der Waals surface area contributed by atoms with Crippen molar-refractivity contribution in [3.05, 3.63) is 78.1 Å². The molecule has 1 aliphatic rings. The Balaban J connectivity index is 1.54. The predicted octanol–water partition coefficient (Wildman–Crippen LogP) is 4.12. The topological polar surface area (TPSA) is 59.5 Å². The summed E-state index contributed by atoms with van der Waals surface area (Å²) in [7, 11) is 0. The van der Waals surface area contributed by atoms with Crippen LogP contribution in [0, 0.1) is 11.8 Å². The average Bonchev–Trinajstić information content (AvgIpc) is 3.56. The Morgan fingerprint density at radius 3 is 2.63 bits per heavy atom. The van der Waals surface area contributed by atoms with E-state index in [1.807, 2.05) is 60.4 Å². The van der Waals surface area contributed by atoms with E-state index in [9.17, 15) is 9.59 Å². The Labute approximate surface area is 176 Å². The van der Waals surface area contributed by atoms with E-state index in [1.54, 1.807) is 6.20 Å². The Morgan fingerprint density at radius 1 is 1.07 bits per heavy atom. The number of aromatic nitrogens is 1. The van der Waals surface area contributed by atoms with Crippen molar-refractivity contribution < 1.29 is 14.3 Å². The third-order valence-corrected chi connectivity index (χ3v) is 5.64. The molecule has 1 amide bonds. The molecule has 5 heteroatoms. The minimum atomic E-state index is -0.152. The maximum Gasteiger partial charge on any atom is 0.309 e. The summed E-state index contributed by atoms with van der Waals surface area (Å²) < 4.78 is 5.15. The highest BCUT2D eigenvalue weighted by Crippen LogP contribution is 2.40. The number of carbonyl (C=O) groups is 2. The van der Waals surface area contributed by atoms with Gasteiger partial charge in [0.15, 0.2) is 0 Å². The molecular weight excluding hydrogens is 376 g/mol. The number of pyridine rings is 1. The van der Waals surface area contributed by atoms with E-state index < -0.39 is 0 Å². The van der Waals surface area contributed by atoms with Crippen LogP contribution in [-0.4, -0.2) is 41.5 Å². The molecule has 0 spiro atoms. The lowest BCUT2D eigenvalue weighted by Gasteiger charge is -2.23. The molecule has 1 heterocycles. The molecule has 1 saturated carbocycles. The summed E-state index contributed by atoms with van der Waals surface area (Å²) >= 11 is 0. The molecular formula is C25H26N2O3. The smallest absolute Gasteiger partial charge is 0.309 e. The van der Waals surface area contributed by atoms with Gasteiger partial charge in [-0.15, -0.1) is 0 Å². The number of ether oxygens (including phenoxy) is 1. The quantitative estimate of drug-likeness (QED) is 0.532. The van der Waals surface area contributed by atoms with Crippen LogP contribution in [0.3, 0.4) is 0 Å². The van der Waals surface area contributed by atoms with Crippen LogP contribution in [0.1, 0.15) is 29.4 Å². The van der Waals surface area contributed by atoms with Crippen LogP contribution in [0.2, 0.25) is 0 Å².